The van der Waals surface area contributed by atoms with Gasteiger partial charge in [0.1, 0.15) is 6.61 Å². The second kappa shape index (κ2) is 5.82. The maximum absolute atomic E-state index is 14.1. The Balaban J connectivity index is 2.34. The number of aliphatic hydroxyl groups excluding tert-OH is 1. The SMILES string of the molecule is C/C(C#N)=C1\c2ccc(CO)cc2COc2c1ccc(F)c2F. The highest BCUT2D eigenvalue weighted by Gasteiger charge is 2.25. The average Bonchev–Trinajstić information content (AvgIpc) is 2.74. The Morgan fingerprint density at radius 1 is 1.26 bits per heavy atom. The molecule has 1 aliphatic heterocycles. The fourth-order valence-corrected chi connectivity index (χ4v) is 2.73. The van der Waals surface area contributed by atoms with Gasteiger partial charge in [0.25, 0.3) is 0 Å². The molecule has 2 aromatic rings. The van der Waals surface area contributed by atoms with Crippen LogP contribution in [-0.2, 0) is 13.2 Å². The molecule has 5 heteroatoms. The summed E-state index contributed by atoms with van der Waals surface area (Å²) in [6.45, 7) is 1.51. The predicted octanol–water partition coefficient (Wildman–Crippen LogP) is 3.69. The van der Waals surface area contributed by atoms with Crippen molar-refractivity contribution in [2.45, 2.75) is 20.1 Å². The molecule has 0 aliphatic carbocycles. The Bertz CT molecular complexity index is 866. The average molecular weight is 313 g/mol. The van der Waals surface area contributed by atoms with Gasteiger partial charge in [-0.15, -0.1) is 0 Å². The van der Waals surface area contributed by atoms with E-state index in [1.54, 1.807) is 25.1 Å². The van der Waals surface area contributed by atoms with Crippen molar-refractivity contribution >= 4 is 5.57 Å². The van der Waals surface area contributed by atoms with E-state index in [0.717, 1.165) is 6.07 Å². The van der Waals surface area contributed by atoms with Crippen molar-refractivity contribution in [1.29, 1.82) is 5.26 Å². The van der Waals surface area contributed by atoms with E-state index in [4.69, 9.17) is 4.74 Å². The second-order valence-electron chi connectivity index (χ2n) is 5.29. The van der Waals surface area contributed by atoms with E-state index in [0.29, 0.717) is 33.4 Å². The lowest BCUT2D eigenvalue weighted by Crippen LogP contribution is -1.99. The molecule has 1 heterocycles. The van der Waals surface area contributed by atoms with Crippen LogP contribution in [0.1, 0.15) is 29.2 Å². The summed E-state index contributed by atoms with van der Waals surface area (Å²) in [5.41, 5.74) is 3.33. The van der Waals surface area contributed by atoms with E-state index in [-0.39, 0.29) is 19.0 Å². The van der Waals surface area contributed by atoms with E-state index in [9.17, 15) is 19.1 Å². The number of aliphatic hydroxyl groups is 1. The maximum atomic E-state index is 14.1. The van der Waals surface area contributed by atoms with E-state index >= 15 is 0 Å². The van der Waals surface area contributed by atoms with Crippen LogP contribution >= 0.6 is 0 Å². The first-order valence-electron chi connectivity index (χ1n) is 7.02. The number of hydrogen-bond acceptors (Lipinski definition) is 3. The van der Waals surface area contributed by atoms with Crippen LogP contribution in [0.25, 0.3) is 5.57 Å². The largest absolute Gasteiger partial charge is 0.485 e. The maximum Gasteiger partial charge on any atom is 0.201 e. The first kappa shape index (κ1) is 15.2. The van der Waals surface area contributed by atoms with Crippen LogP contribution in [0.3, 0.4) is 0 Å². The van der Waals surface area contributed by atoms with Crippen molar-refractivity contribution in [3.8, 4) is 11.8 Å². The molecule has 0 amide bonds. The van der Waals surface area contributed by atoms with Crippen LogP contribution in [0.15, 0.2) is 35.9 Å². The summed E-state index contributed by atoms with van der Waals surface area (Å²) >= 11 is 0. The molecule has 2 aromatic carbocycles. The van der Waals surface area contributed by atoms with Crippen LogP contribution in [-0.4, -0.2) is 5.11 Å². The van der Waals surface area contributed by atoms with E-state index in [2.05, 4.69) is 6.07 Å². The highest BCUT2D eigenvalue weighted by Crippen LogP contribution is 2.40. The molecule has 1 aliphatic rings. The highest BCUT2D eigenvalue weighted by molar-refractivity contribution is 5.88. The Hall–Kier alpha value is -2.71. The lowest BCUT2D eigenvalue weighted by Gasteiger charge is -2.12. The molecule has 23 heavy (non-hydrogen) atoms. The molecule has 0 unspecified atom stereocenters. The zero-order valence-electron chi connectivity index (χ0n) is 12.4. The van der Waals surface area contributed by atoms with Crippen molar-refractivity contribution in [2.75, 3.05) is 0 Å². The van der Waals surface area contributed by atoms with E-state index < -0.39 is 11.6 Å². The number of allylic oxidation sites excluding steroid dienone is 1. The van der Waals surface area contributed by atoms with Gasteiger partial charge < -0.3 is 9.84 Å². The van der Waals surface area contributed by atoms with Crippen molar-refractivity contribution in [2.24, 2.45) is 0 Å². The monoisotopic (exact) mass is 313 g/mol. The summed E-state index contributed by atoms with van der Waals surface area (Å²) in [6.07, 6.45) is 0. The standard InChI is InChI=1S/C18H13F2NO2/c1-10(7-21)16-13-3-2-11(8-22)6-12(13)9-23-18-14(16)4-5-15(19)17(18)20/h2-6,22H,8-9H2,1H3/b16-10-. The fraction of sp³-hybridized carbons (Fsp3) is 0.167. The number of benzene rings is 2. The smallest absolute Gasteiger partial charge is 0.201 e. The fourth-order valence-electron chi connectivity index (χ4n) is 2.73. The lowest BCUT2D eigenvalue weighted by atomic mass is 9.90. The van der Waals surface area contributed by atoms with Crippen LogP contribution in [0.4, 0.5) is 8.78 Å². The summed E-state index contributed by atoms with van der Waals surface area (Å²) < 4.78 is 33.1. The van der Waals surface area contributed by atoms with Gasteiger partial charge in [0.15, 0.2) is 11.6 Å². The molecule has 0 spiro atoms. The number of ether oxygens (including phenoxy) is 1. The zero-order valence-corrected chi connectivity index (χ0v) is 12.4. The number of rotatable bonds is 1. The first-order valence-corrected chi connectivity index (χ1v) is 7.02. The Morgan fingerprint density at radius 3 is 2.70 bits per heavy atom. The number of nitrogens with zero attached hydrogens (tertiary/aromatic N) is 1. The minimum Gasteiger partial charge on any atom is -0.485 e. The number of nitriles is 1. The predicted molar refractivity (Wildman–Crippen MR) is 80.4 cm³/mol. The first-order chi connectivity index (χ1) is 11.1. The van der Waals surface area contributed by atoms with Gasteiger partial charge in [-0.3, -0.25) is 0 Å². The molecule has 3 rings (SSSR count). The van der Waals surface area contributed by atoms with Crippen LogP contribution in [0.5, 0.6) is 5.75 Å². The zero-order chi connectivity index (χ0) is 16.6. The molecule has 0 bridgehead atoms. The van der Waals surface area contributed by atoms with Gasteiger partial charge in [-0.05, 0) is 41.8 Å². The minimum atomic E-state index is -1.07. The number of hydrogen-bond donors (Lipinski definition) is 1. The topological polar surface area (TPSA) is 53.2 Å². The molecule has 0 saturated carbocycles. The van der Waals surface area contributed by atoms with Gasteiger partial charge in [0, 0.05) is 16.7 Å². The Kier molecular flexibility index (Phi) is 3.85. The van der Waals surface area contributed by atoms with Crippen LogP contribution < -0.4 is 4.74 Å². The third-order valence-corrected chi connectivity index (χ3v) is 3.86. The Morgan fingerprint density at radius 2 is 2.00 bits per heavy atom. The van der Waals surface area contributed by atoms with Gasteiger partial charge in [-0.1, -0.05) is 12.1 Å². The van der Waals surface area contributed by atoms with Crippen molar-refractivity contribution in [1.82, 2.24) is 0 Å². The van der Waals surface area contributed by atoms with Crippen LogP contribution in [0, 0.1) is 23.0 Å². The second-order valence-corrected chi connectivity index (χ2v) is 5.29. The third-order valence-electron chi connectivity index (χ3n) is 3.86. The minimum absolute atomic E-state index is 0.0265. The van der Waals surface area contributed by atoms with Crippen molar-refractivity contribution in [3.05, 3.63) is 69.8 Å². The normalized spacial score (nSPS) is 14.9. The van der Waals surface area contributed by atoms with Crippen LogP contribution in [0.2, 0.25) is 0 Å². The highest BCUT2D eigenvalue weighted by atomic mass is 19.2. The molecule has 0 saturated heterocycles. The van der Waals surface area contributed by atoms with E-state index in [1.165, 1.54) is 6.07 Å². The summed E-state index contributed by atoms with van der Waals surface area (Å²) in [4.78, 5) is 0. The molecular weight excluding hydrogens is 300 g/mol. The molecule has 3 nitrogen and oxygen atoms in total. The van der Waals surface area contributed by atoms with Gasteiger partial charge in [0.05, 0.1) is 12.7 Å². The molecular formula is C18H13F2NO2. The molecule has 0 radical (unpaired) electrons. The van der Waals surface area contributed by atoms with Gasteiger partial charge in [0.2, 0.25) is 5.82 Å². The molecule has 1 N–H and O–H groups in total. The molecule has 0 atom stereocenters. The van der Waals surface area contributed by atoms with Gasteiger partial charge in [-0.25, -0.2) is 4.39 Å². The quantitative estimate of drug-likeness (QED) is 0.817. The summed E-state index contributed by atoms with van der Waals surface area (Å²) in [6, 6.07) is 9.73. The van der Waals surface area contributed by atoms with Gasteiger partial charge >= 0.3 is 0 Å². The molecule has 0 fully saturated rings. The van der Waals surface area contributed by atoms with Gasteiger partial charge in [-0.2, -0.15) is 9.65 Å². The lowest BCUT2D eigenvalue weighted by molar-refractivity contribution is 0.277. The summed E-state index contributed by atoms with van der Waals surface area (Å²) in [5.74, 6) is -2.27. The molecule has 0 aromatic heterocycles. The van der Waals surface area contributed by atoms with Crippen molar-refractivity contribution in [3.63, 3.8) is 0 Å². The number of halogens is 2. The van der Waals surface area contributed by atoms with Crippen molar-refractivity contribution < 1.29 is 18.6 Å². The summed E-state index contributed by atoms with van der Waals surface area (Å²) in [7, 11) is 0. The Labute approximate surface area is 132 Å². The number of fused-ring (bicyclic) bond motifs is 2. The van der Waals surface area contributed by atoms with E-state index in [1.807, 2.05) is 0 Å². The summed E-state index contributed by atoms with van der Waals surface area (Å²) in [5, 5.41) is 18.6. The third kappa shape index (κ3) is 2.47. The molecule has 116 valence electrons.